The zero-order valence-electron chi connectivity index (χ0n) is 11.3. The van der Waals surface area contributed by atoms with Gasteiger partial charge in [-0.1, -0.05) is 34.8 Å². The summed E-state index contributed by atoms with van der Waals surface area (Å²) in [6, 6.07) is 3.32. The minimum Gasteiger partial charge on any atom is -0.350 e. The van der Waals surface area contributed by atoms with Crippen LogP contribution in [-0.2, 0) is 9.57 Å². The second-order valence-electron chi connectivity index (χ2n) is 4.85. The standard InChI is InChI=1S/C14H12Cl3NO3S/c15-7-5-8(16)11-9(6-7)22-13(12(11)17)14(19)18-21-10-3-1-2-4-20-10/h5-6,10H,1-4H2,(H,18,19)/t10-/m0/s1. The Morgan fingerprint density at radius 1 is 1.32 bits per heavy atom. The highest BCUT2D eigenvalue weighted by molar-refractivity contribution is 7.21. The molecule has 0 aliphatic carbocycles. The minimum absolute atomic E-state index is 0.298. The number of hydrogen-bond donors (Lipinski definition) is 1. The van der Waals surface area contributed by atoms with Crippen molar-refractivity contribution in [1.82, 2.24) is 5.48 Å². The van der Waals surface area contributed by atoms with Crippen molar-refractivity contribution in [1.29, 1.82) is 0 Å². The molecule has 2 heterocycles. The predicted molar refractivity (Wildman–Crippen MR) is 89.0 cm³/mol. The second-order valence-corrected chi connectivity index (χ2v) is 7.12. The average Bonchev–Trinajstić information content (AvgIpc) is 2.83. The number of carbonyl (C=O) groups is 1. The lowest BCUT2D eigenvalue weighted by Crippen LogP contribution is -2.32. The lowest BCUT2D eigenvalue weighted by molar-refractivity contribution is -0.186. The largest absolute Gasteiger partial charge is 0.350 e. The number of nitrogens with one attached hydrogen (secondary N) is 1. The Bertz CT molecular complexity index is 713. The van der Waals surface area contributed by atoms with Crippen molar-refractivity contribution in [2.45, 2.75) is 25.6 Å². The molecule has 118 valence electrons. The van der Waals surface area contributed by atoms with Crippen LogP contribution in [-0.4, -0.2) is 18.8 Å². The van der Waals surface area contributed by atoms with E-state index in [4.69, 9.17) is 44.4 Å². The molecule has 2 aromatic rings. The number of fused-ring (bicyclic) bond motifs is 1. The quantitative estimate of drug-likeness (QED) is 0.758. The average molecular weight is 381 g/mol. The summed E-state index contributed by atoms with van der Waals surface area (Å²) in [5.74, 6) is -0.424. The van der Waals surface area contributed by atoms with Crippen molar-refractivity contribution in [2.24, 2.45) is 0 Å². The summed E-state index contributed by atoms with van der Waals surface area (Å²) in [7, 11) is 0. The van der Waals surface area contributed by atoms with E-state index in [2.05, 4.69) is 5.48 Å². The number of carbonyl (C=O) groups excluding carboxylic acids is 1. The third kappa shape index (κ3) is 3.35. The third-order valence-corrected chi connectivity index (χ3v) is 5.42. The van der Waals surface area contributed by atoms with Crippen LogP contribution >= 0.6 is 46.1 Å². The molecular formula is C14H12Cl3NO3S. The Hall–Kier alpha value is -0.560. The smallest absolute Gasteiger partial charge is 0.286 e. The van der Waals surface area contributed by atoms with Gasteiger partial charge in [0.25, 0.3) is 5.91 Å². The fraction of sp³-hybridized carbons (Fsp3) is 0.357. The Labute approximate surface area is 146 Å². The lowest BCUT2D eigenvalue weighted by atomic mass is 10.2. The van der Waals surface area contributed by atoms with Crippen molar-refractivity contribution in [2.75, 3.05) is 6.61 Å². The van der Waals surface area contributed by atoms with Crippen molar-refractivity contribution in [3.05, 3.63) is 32.1 Å². The molecule has 1 aromatic carbocycles. The fourth-order valence-electron chi connectivity index (χ4n) is 2.23. The number of hydroxylamine groups is 1. The van der Waals surface area contributed by atoms with Crippen LogP contribution in [0.15, 0.2) is 12.1 Å². The summed E-state index contributed by atoms with van der Waals surface area (Å²) >= 11 is 19.6. The molecule has 3 rings (SSSR count). The summed E-state index contributed by atoms with van der Waals surface area (Å²) in [6.07, 6.45) is 2.36. The monoisotopic (exact) mass is 379 g/mol. The van der Waals surface area contributed by atoms with Gasteiger partial charge in [0.15, 0.2) is 6.29 Å². The van der Waals surface area contributed by atoms with Crippen molar-refractivity contribution >= 4 is 62.1 Å². The molecule has 1 atom stereocenters. The molecule has 0 saturated carbocycles. The van der Waals surface area contributed by atoms with Crippen LogP contribution in [0.3, 0.4) is 0 Å². The summed E-state index contributed by atoms with van der Waals surface area (Å²) in [4.78, 5) is 17.8. The first-order valence-corrected chi connectivity index (χ1v) is 8.66. The highest BCUT2D eigenvalue weighted by Gasteiger charge is 2.21. The molecule has 1 N–H and O–H groups in total. The maximum atomic E-state index is 12.2. The summed E-state index contributed by atoms with van der Waals surface area (Å²) in [5, 5.41) is 1.83. The molecule has 1 saturated heterocycles. The van der Waals surface area contributed by atoms with Gasteiger partial charge >= 0.3 is 0 Å². The van der Waals surface area contributed by atoms with Crippen LogP contribution in [0.2, 0.25) is 15.1 Å². The van der Waals surface area contributed by atoms with Crippen molar-refractivity contribution < 1.29 is 14.4 Å². The molecule has 22 heavy (non-hydrogen) atoms. The van der Waals surface area contributed by atoms with Crippen LogP contribution in [0.25, 0.3) is 10.1 Å². The SMILES string of the molecule is O=C(NO[C@H]1CCCCO1)c1sc2cc(Cl)cc(Cl)c2c1Cl. The maximum absolute atomic E-state index is 12.2. The molecule has 1 aliphatic rings. The molecule has 1 aliphatic heterocycles. The van der Waals surface area contributed by atoms with Crippen LogP contribution in [0.4, 0.5) is 0 Å². The number of halogens is 3. The fourth-order valence-corrected chi connectivity index (χ4v) is 4.49. The van der Waals surface area contributed by atoms with Crippen LogP contribution < -0.4 is 5.48 Å². The number of benzene rings is 1. The van der Waals surface area contributed by atoms with E-state index in [9.17, 15) is 4.79 Å². The van der Waals surface area contributed by atoms with Gasteiger partial charge in [-0.25, -0.2) is 10.3 Å². The molecule has 1 fully saturated rings. The normalized spacial score (nSPS) is 18.6. The zero-order chi connectivity index (χ0) is 15.7. The Kier molecular flexibility index (Phi) is 5.12. The molecule has 0 radical (unpaired) electrons. The number of ether oxygens (including phenoxy) is 1. The van der Waals surface area contributed by atoms with E-state index in [-0.39, 0.29) is 0 Å². The van der Waals surface area contributed by atoms with Crippen molar-refractivity contribution in [3.8, 4) is 0 Å². The summed E-state index contributed by atoms with van der Waals surface area (Å²) in [6.45, 7) is 0.637. The first-order valence-electron chi connectivity index (χ1n) is 6.71. The third-order valence-electron chi connectivity index (χ3n) is 3.28. The van der Waals surface area contributed by atoms with Gasteiger partial charge in [-0.05, 0) is 25.0 Å². The summed E-state index contributed by atoms with van der Waals surface area (Å²) in [5.41, 5.74) is 2.39. The lowest BCUT2D eigenvalue weighted by Gasteiger charge is -2.21. The maximum Gasteiger partial charge on any atom is 0.286 e. The van der Waals surface area contributed by atoms with Gasteiger partial charge in [-0.15, -0.1) is 11.3 Å². The molecule has 0 spiro atoms. The van der Waals surface area contributed by atoms with Crippen molar-refractivity contribution in [3.63, 3.8) is 0 Å². The predicted octanol–water partition coefficient (Wildman–Crippen LogP) is 5.05. The first-order chi connectivity index (χ1) is 10.6. The van der Waals surface area contributed by atoms with Gasteiger partial charge in [-0.2, -0.15) is 0 Å². The van der Waals surface area contributed by atoms with Gasteiger partial charge in [-0.3, -0.25) is 4.79 Å². The molecule has 1 aromatic heterocycles. The Morgan fingerprint density at radius 3 is 2.86 bits per heavy atom. The number of rotatable bonds is 3. The van der Waals surface area contributed by atoms with E-state index in [0.29, 0.717) is 31.9 Å². The molecule has 1 amide bonds. The van der Waals surface area contributed by atoms with Gasteiger partial charge in [0, 0.05) is 28.1 Å². The highest BCUT2D eigenvalue weighted by atomic mass is 35.5. The van der Waals surface area contributed by atoms with Gasteiger partial charge in [0.1, 0.15) is 4.88 Å². The Morgan fingerprint density at radius 2 is 2.14 bits per heavy atom. The van der Waals surface area contributed by atoms with E-state index >= 15 is 0 Å². The molecular weight excluding hydrogens is 369 g/mol. The van der Waals surface area contributed by atoms with Crippen LogP contribution in [0.1, 0.15) is 28.9 Å². The minimum atomic E-state index is -0.424. The van der Waals surface area contributed by atoms with E-state index in [1.807, 2.05) is 0 Å². The topological polar surface area (TPSA) is 47.6 Å². The number of hydrogen-bond acceptors (Lipinski definition) is 4. The van der Waals surface area contributed by atoms with Gasteiger partial charge in [0.2, 0.25) is 0 Å². The van der Waals surface area contributed by atoms with E-state index in [1.54, 1.807) is 12.1 Å². The van der Waals surface area contributed by atoms with E-state index in [1.165, 1.54) is 11.3 Å². The second kappa shape index (κ2) is 6.91. The van der Waals surface area contributed by atoms with Gasteiger partial charge < -0.3 is 4.74 Å². The molecule has 0 bridgehead atoms. The molecule has 0 unspecified atom stereocenters. The van der Waals surface area contributed by atoms with Gasteiger partial charge in [0.05, 0.1) is 10.0 Å². The molecule has 8 heteroatoms. The molecule has 4 nitrogen and oxygen atoms in total. The van der Waals surface area contributed by atoms with Crippen LogP contribution in [0, 0.1) is 0 Å². The van der Waals surface area contributed by atoms with E-state index < -0.39 is 12.2 Å². The highest BCUT2D eigenvalue weighted by Crippen LogP contribution is 2.41. The zero-order valence-corrected chi connectivity index (χ0v) is 14.4. The number of amides is 1. The Balaban J connectivity index is 1.79. The first kappa shape index (κ1) is 16.3. The van der Waals surface area contributed by atoms with Crippen LogP contribution in [0.5, 0.6) is 0 Å². The van der Waals surface area contributed by atoms with E-state index in [0.717, 1.165) is 24.0 Å². The number of thiophene rings is 1. The summed E-state index contributed by atoms with van der Waals surface area (Å²) < 4.78 is 6.13.